The van der Waals surface area contributed by atoms with Gasteiger partial charge >= 0.3 is 0 Å². The minimum absolute atomic E-state index is 0.593. The molecule has 0 amide bonds. The van der Waals surface area contributed by atoms with Crippen LogP contribution < -0.4 is 0 Å². The first-order valence-corrected chi connectivity index (χ1v) is 3.43. The lowest BCUT2D eigenvalue weighted by molar-refractivity contribution is 0.556. The standard InChI is InChI=1S/C8H16/c1-4-6-7-8(3)5-2/h8H,2-7H2,1H3. The average molecular weight is 112 g/mol. The van der Waals surface area contributed by atoms with Gasteiger partial charge in [-0.15, -0.1) is 0 Å². The third-order valence-electron chi connectivity index (χ3n) is 1.37. The Bertz CT molecular complexity index is 39.3. The molecular weight excluding hydrogens is 96.1 g/mol. The molecule has 0 spiro atoms. The Morgan fingerprint density at radius 3 is 2.50 bits per heavy atom. The summed E-state index contributed by atoms with van der Waals surface area (Å²) in [5.41, 5.74) is 0. The van der Waals surface area contributed by atoms with Crippen molar-refractivity contribution in [1.29, 1.82) is 0 Å². The van der Waals surface area contributed by atoms with Gasteiger partial charge in [-0.3, -0.25) is 0 Å². The normalized spacial score (nSPS) is 13.9. The van der Waals surface area contributed by atoms with Crippen molar-refractivity contribution >= 4 is 0 Å². The summed E-state index contributed by atoms with van der Waals surface area (Å²) in [5.74, 6) is 0.593. The Balaban J connectivity index is 2.86. The molecule has 0 heteroatoms. The van der Waals surface area contributed by atoms with Crippen LogP contribution in [0, 0.1) is 19.8 Å². The van der Waals surface area contributed by atoms with Crippen LogP contribution in [0.15, 0.2) is 0 Å². The average Bonchev–Trinajstić information content (AvgIpc) is 1.83. The molecule has 1 unspecified atom stereocenters. The summed E-state index contributed by atoms with van der Waals surface area (Å²) >= 11 is 0. The molecule has 0 saturated heterocycles. The molecule has 0 aromatic heterocycles. The van der Waals surface area contributed by atoms with Gasteiger partial charge in [-0.25, -0.2) is 0 Å². The van der Waals surface area contributed by atoms with Crippen LogP contribution in [0.2, 0.25) is 0 Å². The van der Waals surface area contributed by atoms with E-state index in [-0.39, 0.29) is 0 Å². The molecule has 8 heavy (non-hydrogen) atoms. The van der Waals surface area contributed by atoms with Gasteiger partial charge in [-0.05, 0) is 5.92 Å². The van der Waals surface area contributed by atoms with Crippen molar-refractivity contribution in [2.24, 2.45) is 5.92 Å². The van der Waals surface area contributed by atoms with Gasteiger partial charge < -0.3 is 0 Å². The molecule has 0 aromatic carbocycles. The molecule has 2 radical (unpaired) electrons. The van der Waals surface area contributed by atoms with E-state index in [9.17, 15) is 0 Å². The molecule has 0 fully saturated rings. The van der Waals surface area contributed by atoms with Crippen LogP contribution in [0.4, 0.5) is 0 Å². The van der Waals surface area contributed by atoms with Gasteiger partial charge in [0.15, 0.2) is 0 Å². The van der Waals surface area contributed by atoms with Crippen LogP contribution in [-0.4, -0.2) is 0 Å². The zero-order valence-corrected chi connectivity index (χ0v) is 5.82. The van der Waals surface area contributed by atoms with Crippen molar-refractivity contribution in [1.82, 2.24) is 0 Å². The van der Waals surface area contributed by atoms with Crippen molar-refractivity contribution in [2.45, 2.75) is 32.6 Å². The van der Waals surface area contributed by atoms with Gasteiger partial charge in [0.1, 0.15) is 0 Å². The van der Waals surface area contributed by atoms with Crippen molar-refractivity contribution in [3.05, 3.63) is 13.8 Å². The highest BCUT2D eigenvalue weighted by molar-refractivity contribution is 4.61. The highest BCUT2D eigenvalue weighted by Gasteiger charge is 1.94. The van der Waals surface area contributed by atoms with E-state index in [0.29, 0.717) is 5.92 Å². The highest BCUT2D eigenvalue weighted by Crippen LogP contribution is 2.09. The molecule has 1 atom stereocenters. The van der Waals surface area contributed by atoms with Gasteiger partial charge in [-0.1, -0.05) is 46.5 Å². The van der Waals surface area contributed by atoms with E-state index >= 15 is 0 Å². The fourth-order valence-electron chi connectivity index (χ4n) is 0.637. The lowest BCUT2D eigenvalue weighted by atomic mass is 10.0. The molecule has 0 heterocycles. The molecule has 0 aliphatic heterocycles. The fraction of sp³-hybridized carbons (Fsp3) is 0.750. The van der Waals surface area contributed by atoms with E-state index in [1.54, 1.807) is 0 Å². The van der Waals surface area contributed by atoms with E-state index in [2.05, 4.69) is 20.8 Å². The maximum atomic E-state index is 3.93. The predicted octanol–water partition coefficient (Wildman–Crippen LogP) is 2.85. The fourth-order valence-corrected chi connectivity index (χ4v) is 0.637. The Labute approximate surface area is 53.3 Å². The molecular formula is C8H16. The molecule has 0 saturated carbocycles. The molecule has 0 aliphatic carbocycles. The summed E-state index contributed by atoms with van der Waals surface area (Å²) in [6, 6.07) is 0. The molecule has 0 N–H and O–H groups in total. The number of hydrogen-bond donors (Lipinski definition) is 0. The summed E-state index contributed by atoms with van der Waals surface area (Å²) in [4.78, 5) is 0. The maximum Gasteiger partial charge on any atom is -0.0414 e. The van der Waals surface area contributed by atoms with Crippen LogP contribution in [0.3, 0.4) is 0 Å². The topological polar surface area (TPSA) is 0 Å². The Morgan fingerprint density at radius 2 is 2.12 bits per heavy atom. The Morgan fingerprint density at radius 1 is 1.50 bits per heavy atom. The van der Waals surface area contributed by atoms with E-state index in [0.717, 1.165) is 6.42 Å². The number of unbranched alkanes of at least 4 members (excludes halogenated alkanes) is 1. The van der Waals surface area contributed by atoms with E-state index in [1.165, 1.54) is 19.3 Å². The summed E-state index contributed by atoms with van der Waals surface area (Å²) < 4.78 is 0. The van der Waals surface area contributed by atoms with Crippen LogP contribution >= 0.6 is 0 Å². The molecule has 0 aromatic rings. The summed E-state index contributed by atoms with van der Waals surface area (Å²) in [5, 5.41) is 0. The summed E-state index contributed by atoms with van der Waals surface area (Å²) in [6.07, 6.45) is 4.83. The lowest BCUT2D eigenvalue weighted by Gasteiger charge is -2.04. The van der Waals surface area contributed by atoms with Gasteiger partial charge in [0.2, 0.25) is 0 Å². The Hall–Kier alpha value is 0. The summed E-state index contributed by atoms with van der Waals surface area (Å²) in [7, 11) is 0. The first-order chi connectivity index (χ1) is 3.81. The van der Waals surface area contributed by atoms with Gasteiger partial charge in [-0.2, -0.15) is 0 Å². The maximum absolute atomic E-state index is 3.93. The summed E-state index contributed by atoms with van der Waals surface area (Å²) in [6.45, 7) is 9.91. The van der Waals surface area contributed by atoms with Crippen molar-refractivity contribution in [3.63, 3.8) is 0 Å². The third kappa shape index (κ3) is 4.17. The second kappa shape index (κ2) is 5.14. The quantitative estimate of drug-likeness (QED) is 0.524. The van der Waals surface area contributed by atoms with Crippen LogP contribution in [0.25, 0.3) is 0 Å². The van der Waals surface area contributed by atoms with E-state index in [4.69, 9.17) is 0 Å². The largest absolute Gasteiger partial charge is 0.0654 e. The molecule has 0 rings (SSSR count). The second-order valence-corrected chi connectivity index (χ2v) is 2.30. The highest BCUT2D eigenvalue weighted by atomic mass is 14.0. The van der Waals surface area contributed by atoms with Crippen molar-refractivity contribution in [2.75, 3.05) is 0 Å². The first-order valence-electron chi connectivity index (χ1n) is 3.43. The van der Waals surface area contributed by atoms with Gasteiger partial charge in [0, 0.05) is 0 Å². The van der Waals surface area contributed by atoms with Crippen LogP contribution in [0.1, 0.15) is 32.6 Å². The van der Waals surface area contributed by atoms with Gasteiger partial charge in [0.25, 0.3) is 0 Å². The number of hydrogen-bond acceptors (Lipinski definition) is 0. The SMILES string of the molecule is [CH2]CC([CH2])CCCC. The smallest absolute Gasteiger partial charge is 0.0414 e. The minimum atomic E-state index is 0.593. The second-order valence-electron chi connectivity index (χ2n) is 2.30. The molecule has 0 nitrogen and oxygen atoms in total. The minimum Gasteiger partial charge on any atom is -0.0654 e. The van der Waals surface area contributed by atoms with Gasteiger partial charge in [0.05, 0.1) is 0 Å². The van der Waals surface area contributed by atoms with Crippen LogP contribution in [-0.2, 0) is 0 Å². The molecule has 0 bridgehead atoms. The van der Waals surface area contributed by atoms with E-state index < -0.39 is 0 Å². The van der Waals surface area contributed by atoms with Crippen molar-refractivity contribution < 1.29 is 0 Å². The zero-order valence-electron chi connectivity index (χ0n) is 5.82. The number of rotatable bonds is 4. The van der Waals surface area contributed by atoms with E-state index in [1.807, 2.05) is 0 Å². The Kier molecular flexibility index (Phi) is 5.14. The first kappa shape index (κ1) is 8.00. The molecule has 0 aliphatic rings. The lowest BCUT2D eigenvalue weighted by Crippen LogP contribution is -1.90. The predicted molar refractivity (Wildman–Crippen MR) is 38.3 cm³/mol. The zero-order chi connectivity index (χ0) is 6.41. The monoisotopic (exact) mass is 112 g/mol. The third-order valence-corrected chi connectivity index (χ3v) is 1.37. The molecule has 48 valence electrons. The van der Waals surface area contributed by atoms with Crippen molar-refractivity contribution in [3.8, 4) is 0 Å². The van der Waals surface area contributed by atoms with Crippen LogP contribution in [0.5, 0.6) is 0 Å².